The van der Waals surface area contributed by atoms with E-state index in [4.69, 9.17) is 27.9 Å². The van der Waals surface area contributed by atoms with E-state index in [1.165, 1.54) is 11.1 Å². The van der Waals surface area contributed by atoms with Crippen molar-refractivity contribution in [1.82, 2.24) is 9.80 Å². The molecule has 7 heteroatoms. The lowest BCUT2D eigenvalue weighted by Gasteiger charge is -2.60. The van der Waals surface area contributed by atoms with Crippen LogP contribution < -0.4 is 4.74 Å². The molecule has 40 heavy (non-hydrogen) atoms. The van der Waals surface area contributed by atoms with Gasteiger partial charge in [-0.15, -0.1) is 0 Å². The number of halogens is 2. The Hall–Kier alpha value is -2.73. The van der Waals surface area contributed by atoms with Crippen LogP contribution >= 0.6 is 23.2 Å². The highest BCUT2D eigenvalue weighted by molar-refractivity contribution is 6.42. The maximum absolute atomic E-state index is 13.6. The Kier molecular flexibility index (Phi) is 6.53. The van der Waals surface area contributed by atoms with Crippen LogP contribution in [0, 0.1) is 5.92 Å². The number of nitrogens with zero attached hydrogens (tertiary/aromatic N) is 2. The summed E-state index contributed by atoms with van der Waals surface area (Å²) in [6.07, 6.45) is 4.93. The number of benzene rings is 3. The highest BCUT2D eigenvalue weighted by Gasteiger charge is 2.66. The molecule has 1 N–H and O–H groups in total. The van der Waals surface area contributed by atoms with Gasteiger partial charge in [-0.25, -0.2) is 0 Å². The molecule has 1 spiro atoms. The van der Waals surface area contributed by atoms with Gasteiger partial charge in [-0.3, -0.25) is 9.69 Å². The number of carbonyl (C=O) groups is 1. The molecule has 3 aromatic rings. The molecule has 3 aromatic carbocycles. The lowest BCUT2D eigenvalue weighted by Crippen LogP contribution is -2.69. The van der Waals surface area contributed by atoms with Crippen LogP contribution in [0.3, 0.4) is 0 Å². The number of likely N-dealkylation sites (tertiary alicyclic amines) is 1. The second-order valence-corrected chi connectivity index (χ2v) is 12.8. The number of rotatable bonds is 6. The molecule has 1 saturated heterocycles. The van der Waals surface area contributed by atoms with Crippen molar-refractivity contribution < 1.29 is 14.6 Å². The van der Waals surface area contributed by atoms with Gasteiger partial charge in [0.25, 0.3) is 0 Å². The highest BCUT2D eigenvalue weighted by Crippen LogP contribution is 2.63. The van der Waals surface area contributed by atoms with Crippen molar-refractivity contribution in [1.29, 1.82) is 0 Å². The summed E-state index contributed by atoms with van der Waals surface area (Å²) in [5.41, 5.74) is 4.30. The van der Waals surface area contributed by atoms with E-state index in [1.807, 2.05) is 24.1 Å². The number of amides is 1. The van der Waals surface area contributed by atoms with Crippen molar-refractivity contribution in [2.45, 2.75) is 62.1 Å². The van der Waals surface area contributed by atoms with E-state index in [0.717, 1.165) is 62.1 Å². The molecule has 2 aliphatic carbocycles. The van der Waals surface area contributed by atoms with Gasteiger partial charge in [0, 0.05) is 36.2 Å². The summed E-state index contributed by atoms with van der Waals surface area (Å²) in [6, 6.07) is 20.1. The number of phenolic OH excluding ortho intramolecular Hbond substituents is 1. The minimum absolute atomic E-state index is 0.0384. The van der Waals surface area contributed by atoms with Gasteiger partial charge in [-0.05, 0) is 80.0 Å². The number of carbonyl (C=O) groups excluding carboxylic acids is 1. The van der Waals surface area contributed by atoms with E-state index in [-0.39, 0.29) is 29.9 Å². The molecule has 7 rings (SSSR count). The Morgan fingerprint density at radius 2 is 1.90 bits per heavy atom. The van der Waals surface area contributed by atoms with E-state index >= 15 is 0 Å². The molecular formula is C33H34Cl2N2O3. The molecule has 0 radical (unpaired) electrons. The van der Waals surface area contributed by atoms with Crippen LogP contribution in [0.4, 0.5) is 0 Å². The van der Waals surface area contributed by atoms with Crippen LogP contribution in [-0.4, -0.2) is 59.1 Å². The van der Waals surface area contributed by atoms with E-state index in [2.05, 4.69) is 35.2 Å². The SMILES string of the molecule is CN(C(=O)Cc1ccc(Cl)c(Cl)c1)[C@H]1CC[C@H]2[C@H]3Cc4c(O)ccc5c4[C@@]2(CCN3CCc2ccccc2)[C@H]1O5. The maximum Gasteiger partial charge on any atom is 0.227 e. The summed E-state index contributed by atoms with van der Waals surface area (Å²) < 4.78 is 6.81. The Bertz CT molecular complexity index is 1460. The molecule has 5 atom stereocenters. The normalized spacial score (nSPS) is 28.1. The average molecular weight is 578 g/mol. The molecule has 0 unspecified atom stereocenters. The molecule has 2 bridgehead atoms. The molecule has 4 aliphatic rings. The Balaban J connectivity index is 1.18. The zero-order chi connectivity index (χ0) is 27.6. The van der Waals surface area contributed by atoms with E-state index < -0.39 is 0 Å². The van der Waals surface area contributed by atoms with Crippen molar-refractivity contribution in [3.63, 3.8) is 0 Å². The van der Waals surface area contributed by atoms with Gasteiger partial charge >= 0.3 is 0 Å². The van der Waals surface area contributed by atoms with E-state index in [0.29, 0.717) is 27.8 Å². The standard InChI is InChI=1S/C33H34Cl2N2O3/c1-36(30(39)18-21-7-9-24(34)25(35)17-21)26-10-8-23-27-19-22-28(38)11-12-29-31(22)33(23,32(26)40-29)14-16-37(27)15-13-20-5-3-2-4-6-20/h2-7,9,11-12,17,23,26-27,32,38H,8,10,13-16,18-19H2,1H3/t23-,26-,27+,32-,33-/m0/s1. The summed E-state index contributed by atoms with van der Waals surface area (Å²) in [7, 11) is 1.92. The molecule has 208 valence electrons. The minimum atomic E-state index is -0.184. The molecule has 2 fully saturated rings. The van der Waals surface area contributed by atoms with Gasteiger partial charge < -0.3 is 14.7 Å². The van der Waals surface area contributed by atoms with Crippen molar-refractivity contribution in [2.75, 3.05) is 20.1 Å². The molecule has 0 aromatic heterocycles. The third-order valence-corrected chi connectivity index (χ3v) is 10.9. The smallest absolute Gasteiger partial charge is 0.227 e. The number of hydrogen-bond donors (Lipinski definition) is 1. The third kappa shape index (κ3) is 4.04. The summed E-state index contributed by atoms with van der Waals surface area (Å²) >= 11 is 12.3. The number of ether oxygens (including phenoxy) is 1. The first kappa shape index (κ1) is 26.2. The minimum Gasteiger partial charge on any atom is -0.508 e. The zero-order valence-electron chi connectivity index (χ0n) is 22.7. The monoisotopic (exact) mass is 576 g/mol. The van der Waals surface area contributed by atoms with Crippen LogP contribution in [0.2, 0.25) is 10.0 Å². The van der Waals surface area contributed by atoms with E-state index in [1.54, 1.807) is 18.2 Å². The third-order valence-electron chi connectivity index (χ3n) is 10.2. The lowest BCUT2D eigenvalue weighted by molar-refractivity contribution is -0.139. The first-order valence-electron chi connectivity index (χ1n) is 14.4. The fourth-order valence-corrected chi connectivity index (χ4v) is 8.66. The molecule has 2 heterocycles. The fraction of sp³-hybridized carbons (Fsp3) is 0.424. The lowest BCUT2D eigenvalue weighted by atomic mass is 9.51. The van der Waals surface area contributed by atoms with Gasteiger partial charge in [0.15, 0.2) is 0 Å². The quantitative estimate of drug-likeness (QED) is 0.388. The predicted molar refractivity (Wildman–Crippen MR) is 157 cm³/mol. The van der Waals surface area contributed by atoms with Crippen molar-refractivity contribution in [3.05, 3.63) is 93.0 Å². The van der Waals surface area contributed by atoms with Crippen LogP contribution in [0.5, 0.6) is 11.5 Å². The second-order valence-electron chi connectivity index (χ2n) is 12.0. The number of piperidine rings is 1. The summed E-state index contributed by atoms with van der Waals surface area (Å²) in [4.78, 5) is 18.1. The predicted octanol–water partition coefficient (Wildman–Crippen LogP) is 6.05. The van der Waals surface area contributed by atoms with Gasteiger partial charge in [0.1, 0.15) is 17.6 Å². The summed E-state index contributed by atoms with van der Waals surface area (Å²) in [5, 5.41) is 12.0. The van der Waals surface area contributed by atoms with Crippen molar-refractivity contribution >= 4 is 29.1 Å². The molecule has 1 amide bonds. The van der Waals surface area contributed by atoms with Gasteiger partial charge in [-0.1, -0.05) is 59.6 Å². The van der Waals surface area contributed by atoms with Gasteiger partial charge in [0.05, 0.1) is 22.5 Å². The number of hydrogen-bond acceptors (Lipinski definition) is 4. The topological polar surface area (TPSA) is 53.0 Å². The first-order valence-corrected chi connectivity index (χ1v) is 15.1. The largest absolute Gasteiger partial charge is 0.508 e. The van der Waals surface area contributed by atoms with E-state index in [9.17, 15) is 9.90 Å². The van der Waals surface area contributed by atoms with Gasteiger partial charge in [0.2, 0.25) is 5.91 Å². The zero-order valence-corrected chi connectivity index (χ0v) is 24.2. The first-order chi connectivity index (χ1) is 19.4. The highest BCUT2D eigenvalue weighted by atomic mass is 35.5. The molecule has 5 nitrogen and oxygen atoms in total. The fourth-order valence-electron chi connectivity index (χ4n) is 8.34. The van der Waals surface area contributed by atoms with Gasteiger partial charge in [-0.2, -0.15) is 0 Å². The Morgan fingerprint density at radius 1 is 1.07 bits per heavy atom. The maximum atomic E-state index is 13.6. The number of likely N-dealkylation sites (N-methyl/N-ethyl adjacent to an activating group) is 1. The molecule has 2 aliphatic heterocycles. The number of phenols is 1. The van der Waals surface area contributed by atoms with Crippen LogP contribution in [0.15, 0.2) is 60.7 Å². The second kappa shape index (κ2) is 9.97. The number of aromatic hydroxyl groups is 1. The van der Waals surface area contributed by atoms with Crippen LogP contribution in [-0.2, 0) is 29.5 Å². The van der Waals surface area contributed by atoms with Crippen molar-refractivity contribution in [3.8, 4) is 11.5 Å². The van der Waals surface area contributed by atoms with Crippen LogP contribution in [0.25, 0.3) is 0 Å². The van der Waals surface area contributed by atoms with Crippen LogP contribution in [0.1, 0.15) is 41.5 Å². The molecular weight excluding hydrogens is 543 g/mol. The Labute approximate surface area is 245 Å². The summed E-state index contributed by atoms with van der Waals surface area (Å²) in [5.74, 6) is 1.76. The molecule has 1 saturated carbocycles. The average Bonchev–Trinajstić information content (AvgIpc) is 3.29. The summed E-state index contributed by atoms with van der Waals surface area (Å²) in [6.45, 7) is 2.00. The van der Waals surface area contributed by atoms with Crippen molar-refractivity contribution in [2.24, 2.45) is 5.92 Å². The Morgan fingerprint density at radius 3 is 2.70 bits per heavy atom.